The number of Topliss-reactive ketones (excluding diaryl/α,β-unsaturated/α-hetero) is 1. The summed E-state index contributed by atoms with van der Waals surface area (Å²) in [4.78, 5) is 44.6. The molecule has 1 amide bonds. The topological polar surface area (TPSA) is 98.8 Å². The highest BCUT2D eigenvalue weighted by Gasteiger charge is 2.19. The fourth-order valence-electron chi connectivity index (χ4n) is 0.953. The Hall–Kier alpha value is -1.57. The Morgan fingerprint density at radius 3 is 2.15 bits per heavy atom. The normalized spacial score (nSPS) is 11.7. The van der Waals surface area contributed by atoms with Crippen molar-refractivity contribution in [2.45, 2.75) is 33.7 Å². The SMILES string of the molecule is CC(=O)SC[C@H](NC(=O)OCOC(=O)C(C)C)C(C)=O. The van der Waals surface area contributed by atoms with Gasteiger partial charge in [-0.1, -0.05) is 25.6 Å². The molecule has 0 unspecified atom stereocenters. The van der Waals surface area contributed by atoms with Crippen LogP contribution in [0.1, 0.15) is 27.7 Å². The Kier molecular flexibility index (Phi) is 8.62. The molecule has 114 valence electrons. The Bertz CT molecular complexity index is 382. The molecule has 0 saturated heterocycles. The van der Waals surface area contributed by atoms with E-state index in [1.54, 1.807) is 13.8 Å². The van der Waals surface area contributed by atoms with Crippen LogP contribution in [0.5, 0.6) is 0 Å². The number of carbonyl (C=O) groups is 4. The second-order valence-corrected chi connectivity index (χ2v) is 5.47. The van der Waals surface area contributed by atoms with Crippen LogP contribution < -0.4 is 5.32 Å². The van der Waals surface area contributed by atoms with Crippen LogP contribution in [0.3, 0.4) is 0 Å². The fourth-order valence-corrected chi connectivity index (χ4v) is 1.67. The zero-order valence-electron chi connectivity index (χ0n) is 11.9. The van der Waals surface area contributed by atoms with Crippen LogP contribution in [0.4, 0.5) is 4.79 Å². The van der Waals surface area contributed by atoms with Gasteiger partial charge in [-0.05, 0) is 6.92 Å². The van der Waals surface area contributed by atoms with Gasteiger partial charge in [0.05, 0.1) is 5.92 Å². The number of hydrogen-bond donors (Lipinski definition) is 1. The molecule has 0 aliphatic heterocycles. The van der Waals surface area contributed by atoms with Crippen LogP contribution in [-0.2, 0) is 23.9 Å². The van der Waals surface area contributed by atoms with Gasteiger partial charge in [-0.2, -0.15) is 0 Å². The maximum absolute atomic E-state index is 11.4. The first-order valence-electron chi connectivity index (χ1n) is 5.97. The zero-order chi connectivity index (χ0) is 15.7. The maximum atomic E-state index is 11.4. The highest BCUT2D eigenvalue weighted by molar-refractivity contribution is 8.13. The Balaban J connectivity index is 4.10. The first-order chi connectivity index (χ1) is 9.23. The molecule has 0 bridgehead atoms. The summed E-state index contributed by atoms with van der Waals surface area (Å²) in [5.41, 5.74) is 0. The highest BCUT2D eigenvalue weighted by atomic mass is 32.2. The number of carbonyl (C=O) groups excluding carboxylic acids is 4. The molecule has 0 aromatic rings. The molecule has 0 fully saturated rings. The van der Waals surface area contributed by atoms with Gasteiger partial charge in [0.25, 0.3) is 0 Å². The molecule has 0 aromatic heterocycles. The molecule has 0 spiro atoms. The predicted molar refractivity (Wildman–Crippen MR) is 73.0 cm³/mol. The van der Waals surface area contributed by atoms with Crippen LogP contribution in [0.15, 0.2) is 0 Å². The molecule has 7 nitrogen and oxygen atoms in total. The van der Waals surface area contributed by atoms with E-state index in [1.165, 1.54) is 13.8 Å². The molecule has 0 heterocycles. The van der Waals surface area contributed by atoms with Crippen LogP contribution in [0.25, 0.3) is 0 Å². The van der Waals surface area contributed by atoms with Crippen molar-refractivity contribution in [3.05, 3.63) is 0 Å². The van der Waals surface area contributed by atoms with Gasteiger partial charge in [-0.3, -0.25) is 14.4 Å². The number of nitrogens with one attached hydrogen (secondary N) is 1. The Morgan fingerprint density at radius 2 is 1.70 bits per heavy atom. The van der Waals surface area contributed by atoms with Crippen molar-refractivity contribution >= 4 is 34.7 Å². The number of rotatable bonds is 7. The molecule has 8 heteroatoms. The van der Waals surface area contributed by atoms with Crippen LogP contribution in [0.2, 0.25) is 0 Å². The molecular weight excluding hydrogens is 286 g/mol. The minimum absolute atomic E-state index is 0.131. The van der Waals surface area contributed by atoms with E-state index in [0.29, 0.717) is 0 Å². The number of amides is 1. The lowest BCUT2D eigenvalue weighted by Crippen LogP contribution is -2.42. The first kappa shape index (κ1) is 18.4. The summed E-state index contributed by atoms with van der Waals surface area (Å²) in [6, 6.07) is -0.822. The van der Waals surface area contributed by atoms with Gasteiger partial charge in [0, 0.05) is 12.7 Å². The summed E-state index contributed by atoms with van der Waals surface area (Å²) in [7, 11) is 0. The van der Waals surface area contributed by atoms with E-state index in [9.17, 15) is 19.2 Å². The number of thioether (sulfide) groups is 1. The summed E-state index contributed by atoms with van der Waals surface area (Å²) < 4.78 is 9.26. The minimum atomic E-state index is -0.883. The lowest BCUT2D eigenvalue weighted by atomic mass is 10.2. The quantitative estimate of drug-likeness (QED) is 0.555. The first-order valence-corrected chi connectivity index (χ1v) is 6.96. The molecule has 1 N–H and O–H groups in total. The van der Waals surface area contributed by atoms with E-state index >= 15 is 0 Å². The lowest BCUT2D eigenvalue weighted by molar-refractivity contribution is -0.155. The zero-order valence-corrected chi connectivity index (χ0v) is 12.7. The maximum Gasteiger partial charge on any atom is 0.410 e. The van der Waals surface area contributed by atoms with Crippen LogP contribution in [0, 0.1) is 5.92 Å². The van der Waals surface area contributed by atoms with Crippen molar-refractivity contribution in [2.75, 3.05) is 12.5 Å². The second kappa shape index (κ2) is 9.35. The van der Waals surface area contributed by atoms with Crippen molar-refractivity contribution in [2.24, 2.45) is 5.92 Å². The van der Waals surface area contributed by atoms with E-state index in [4.69, 9.17) is 0 Å². The number of ketones is 1. The van der Waals surface area contributed by atoms with E-state index in [0.717, 1.165) is 11.8 Å². The number of alkyl carbamates (subject to hydrolysis) is 1. The molecule has 0 aliphatic carbocycles. The van der Waals surface area contributed by atoms with Gasteiger partial charge >= 0.3 is 12.1 Å². The largest absolute Gasteiger partial charge is 0.428 e. The third kappa shape index (κ3) is 8.52. The highest BCUT2D eigenvalue weighted by Crippen LogP contribution is 2.05. The van der Waals surface area contributed by atoms with Gasteiger partial charge in [-0.25, -0.2) is 4.79 Å². The number of esters is 1. The van der Waals surface area contributed by atoms with Gasteiger partial charge in [0.1, 0.15) is 6.04 Å². The Labute approximate surface area is 121 Å². The summed E-state index contributed by atoms with van der Waals surface area (Å²) in [5, 5.41) is 2.14. The molecule has 0 aliphatic rings. The fraction of sp³-hybridized carbons (Fsp3) is 0.667. The molecule has 1 atom stereocenters. The minimum Gasteiger partial charge on any atom is -0.428 e. The van der Waals surface area contributed by atoms with Crippen molar-refractivity contribution in [1.82, 2.24) is 5.32 Å². The third-order valence-electron chi connectivity index (χ3n) is 2.10. The predicted octanol–water partition coefficient (Wildman–Crippen LogP) is 1.11. The molecule has 0 aromatic carbocycles. The second-order valence-electron chi connectivity index (χ2n) is 4.28. The van der Waals surface area contributed by atoms with Gasteiger partial charge in [-0.15, -0.1) is 0 Å². The average Bonchev–Trinajstić information content (AvgIpc) is 2.33. The number of ether oxygens (including phenoxy) is 2. The average molecular weight is 305 g/mol. The molecular formula is C12H19NO6S. The summed E-state index contributed by atoms with van der Waals surface area (Å²) in [6.45, 7) is 5.43. The monoisotopic (exact) mass is 305 g/mol. The number of hydrogen-bond acceptors (Lipinski definition) is 7. The molecule has 0 radical (unpaired) electrons. The van der Waals surface area contributed by atoms with E-state index < -0.39 is 24.9 Å². The van der Waals surface area contributed by atoms with E-state index in [2.05, 4.69) is 14.8 Å². The third-order valence-corrected chi connectivity index (χ3v) is 3.01. The summed E-state index contributed by atoms with van der Waals surface area (Å²) in [6.07, 6.45) is -0.883. The van der Waals surface area contributed by atoms with Gasteiger partial charge < -0.3 is 14.8 Å². The van der Waals surface area contributed by atoms with Crippen molar-refractivity contribution in [3.8, 4) is 0 Å². The van der Waals surface area contributed by atoms with E-state index in [-0.39, 0.29) is 22.6 Å². The lowest BCUT2D eigenvalue weighted by Gasteiger charge is -2.15. The van der Waals surface area contributed by atoms with Crippen molar-refractivity contribution in [1.29, 1.82) is 0 Å². The van der Waals surface area contributed by atoms with Gasteiger partial charge in [0.15, 0.2) is 10.9 Å². The smallest absolute Gasteiger partial charge is 0.410 e. The molecule has 0 saturated carbocycles. The van der Waals surface area contributed by atoms with Gasteiger partial charge in [0.2, 0.25) is 6.79 Å². The van der Waals surface area contributed by atoms with Crippen molar-refractivity contribution in [3.63, 3.8) is 0 Å². The molecule has 20 heavy (non-hydrogen) atoms. The summed E-state index contributed by atoms with van der Waals surface area (Å²) in [5.74, 6) is -0.979. The molecule has 0 rings (SSSR count). The van der Waals surface area contributed by atoms with Crippen molar-refractivity contribution < 1.29 is 28.7 Å². The van der Waals surface area contributed by atoms with Crippen LogP contribution >= 0.6 is 11.8 Å². The standard InChI is InChI=1S/C12H19NO6S/c1-7(2)11(16)18-6-19-12(17)13-10(8(3)14)5-20-9(4)15/h7,10H,5-6H2,1-4H3,(H,13,17)/t10-/m0/s1. The van der Waals surface area contributed by atoms with E-state index in [1.807, 2.05) is 0 Å². The van der Waals surface area contributed by atoms with Crippen LogP contribution in [-0.4, -0.2) is 41.5 Å². The Morgan fingerprint density at radius 1 is 1.10 bits per heavy atom. The summed E-state index contributed by atoms with van der Waals surface area (Å²) >= 11 is 0.927.